The summed E-state index contributed by atoms with van der Waals surface area (Å²) in [5.74, 6) is 0.810. The fourth-order valence-electron chi connectivity index (χ4n) is 4.29. The van der Waals surface area contributed by atoms with E-state index in [1.807, 2.05) is 34.2 Å². The van der Waals surface area contributed by atoms with Gasteiger partial charge in [-0.25, -0.2) is 0 Å². The van der Waals surface area contributed by atoms with Crippen molar-refractivity contribution in [2.45, 2.75) is 26.3 Å². The molecule has 1 atom stereocenters. The van der Waals surface area contributed by atoms with E-state index in [2.05, 4.69) is 15.9 Å². The third kappa shape index (κ3) is 4.89. The summed E-state index contributed by atoms with van der Waals surface area (Å²) in [6.45, 7) is 3.63. The second kappa shape index (κ2) is 10.2. The van der Waals surface area contributed by atoms with Crippen molar-refractivity contribution < 1.29 is 23.8 Å². The largest absolute Gasteiger partial charge is 0.497 e. The number of esters is 1. The maximum Gasteiger partial charge on any atom is 0.310 e. The maximum atomic E-state index is 13.7. The number of rotatable bonds is 7. The molecule has 0 radical (unpaired) electrons. The highest BCUT2D eigenvalue weighted by atomic mass is 79.9. The Balaban J connectivity index is 1.68. The van der Waals surface area contributed by atoms with Crippen LogP contribution in [0.5, 0.6) is 11.5 Å². The lowest BCUT2D eigenvalue weighted by molar-refractivity contribution is -0.149. The molecule has 9 heteroatoms. The molecule has 2 aromatic heterocycles. The highest BCUT2D eigenvalue weighted by Gasteiger charge is 2.31. The van der Waals surface area contributed by atoms with Crippen LogP contribution in [0, 0.1) is 5.92 Å². The number of halogens is 1. The molecule has 1 amide bonds. The number of carbonyl (C=O) groups excluding carboxylic acids is 2. The SMILES string of the molecule is CCOC(=O)[C@H]1CCCN(C(=O)c2cc3scc(Br)c3n2Cc2cc(OC)cc(OC)c2)C1. The summed E-state index contributed by atoms with van der Waals surface area (Å²) >= 11 is 5.23. The summed E-state index contributed by atoms with van der Waals surface area (Å²) in [6, 6.07) is 7.66. The summed E-state index contributed by atoms with van der Waals surface area (Å²) in [7, 11) is 3.24. The van der Waals surface area contributed by atoms with Crippen LogP contribution >= 0.6 is 27.3 Å². The Kier molecular flexibility index (Phi) is 7.29. The van der Waals surface area contributed by atoms with E-state index in [1.54, 1.807) is 37.4 Å². The Labute approximate surface area is 205 Å². The second-order valence-corrected chi connectivity index (χ2v) is 9.74. The van der Waals surface area contributed by atoms with Crippen molar-refractivity contribution in [3.05, 3.63) is 45.4 Å². The minimum Gasteiger partial charge on any atom is -0.497 e. The number of carbonyl (C=O) groups is 2. The molecule has 0 aliphatic carbocycles. The quantitative estimate of drug-likeness (QED) is 0.401. The molecule has 1 aromatic carbocycles. The van der Waals surface area contributed by atoms with Crippen LogP contribution in [0.1, 0.15) is 35.8 Å². The number of ether oxygens (including phenoxy) is 3. The van der Waals surface area contributed by atoms with Crippen molar-refractivity contribution in [3.8, 4) is 11.5 Å². The van der Waals surface area contributed by atoms with Crippen LogP contribution in [0.2, 0.25) is 0 Å². The first kappa shape index (κ1) is 23.6. The molecule has 3 aromatic rings. The average molecular weight is 535 g/mol. The van der Waals surface area contributed by atoms with E-state index in [9.17, 15) is 9.59 Å². The summed E-state index contributed by atoms with van der Waals surface area (Å²) in [4.78, 5) is 27.7. The highest BCUT2D eigenvalue weighted by Crippen LogP contribution is 2.35. The monoisotopic (exact) mass is 534 g/mol. The number of thiophene rings is 1. The van der Waals surface area contributed by atoms with Gasteiger partial charge in [0.05, 0.1) is 41.4 Å². The minimum atomic E-state index is -0.276. The van der Waals surface area contributed by atoms with Gasteiger partial charge in [-0.05, 0) is 59.5 Å². The lowest BCUT2D eigenvalue weighted by Gasteiger charge is -2.31. The molecule has 0 bridgehead atoms. The molecule has 0 unspecified atom stereocenters. The number of likely N-dealkylation sites (tertiary alicyclic amines) is 1. The molecule has 7 nitrogen and oxygen atoms in total. The van der Waals surface area contributed by atoms with Gasteiger partial charge in [0, 0.05) is 31.1 Å². The average Bonchev–Trinajstić information content (AvgIpc) is 3.38. The van der Waals surface area contributed by atoms with E-state index >= 15 is 0 Å². The summed E-state index contributed by atoms with van der Waals surface area (Å²) in [6.07, 6.45) is 1.52. The molecular formula is C24H27BrN2O5S. The number of methoxy groups -OCH3 is 2. The molecule has 3 heterocycles. The second-order valence-electron chi connectivity index (χ2n) is 7.98. The van der Waals surface area contributed by atoms with E-state index in [0.717, 1.165) is 33.1 Å². The zero-order valence-electron chi connectivity index (χ0n) is 18.9. The van der Waals surface area contributed by atoms with Gasteiger partial charge >= 0.3 is 5.97 Å². The third-order valence-electron chi connectivity index (χ3n) is 5.88. The minimum absolute atomic E-state index is 0.0749. The van der Waals surface area contributed by atoms with Crippen LogP contribution in [0.3, 0.4) is 0 Å². The van der Waals surface area contributed by atoms with Gasteiger partial charge in [-0.1, -0.05) is 0 Å². The van der Waals surface area contributed by atoms with Gasteiger partial charge < -0.3 is 23.7 Å². The van der Waals surface area contributed by atoms with Gasteiger partial charge in [0.25, 0.3) is 5.91 Å². The van der Waals surface area contributed by atoms with Gasteiger partial charge in [0.2, 0.25) is 0 Å². The van der Waals surface area contributed by atoms with Gasteiger partial charge in [0.15, 0.2) is 0 Å². The van der Waals surface area contributed by atoms with Crippen LogP contribution in [-0.4, -0.2) is 55.3 Å². The number of piperidine rings is 1. The molecule has 1 aliphatic rings. The smallest absolute Gasteiger partial charge is 0.310 e. The van der Waals surface area contributed by atoms with Crippen LogP contribution in [-0.2, 0) is 16.1 Å². The topological polar surface area (TPSA) is 70.0 Å². The Hall–Kier alpha value is -2.52. The van der Waals surface area contributed by atoms with Crippen LogP contribution in [0.25, 0.3) is 10.2 Å². The fraction of sp³-hybridized carbons (Fsp3) is 0.417. The Morgan fingerprint density at radius 1 is 1.15 bits per heavy atom. The molecule has 33 heavy (non-hydrogen) atoms. The Morgan fingerprint density at radius 2 is 1.88 bits per heavy atom. The zero-order chi connectivity index (χ0) is 23.5. The molecule has 1 aliphatic heterocycles. The predicted molar refractivity (Wildman–Crippen MR) is 131 cm³/mol. The molecule has 0 spiro atoms. The first-order valence-electron chi connectivity index (χ1n) is 10.9. The maximum absolute atomic E-state index is 13.7. The van der Waals surface area contributed by atoms with E-state index in [1.165, 1.54) is 0 Å². The van der Waals surface area contributed by atoms with Gasteiger partial charge in [-0.3, -0.25) is 9.59 Å². The molecule has 1 saturated heterocycles. The zero-order valence-corrected chi connectivity index (χ0v) is 21.3. The molecule has 1 fully saturated rings. The molecule has 176 valence electrons. The fourth-order valence-corrected chi connectivity index (χ4v) is 5.98. The lowest BCUT2D eigenvalue weighted by atomic mass is 9.98. The highest BCUT2D eigenvalue weighted by molar-refractivity contribution is 9.10. The van der Waals surface area contributed by atoms with Gasteiger partial charge in [-0.2, -0.15) is 0 Å². The summed E-state index contributed by atoms with van der Waals surface area (Å²) < 4.78 is 20.1. The predicted octanol–water partition coefficient (Wildman–Crippen LogP) is 4.95. The van der Waals surface area contributed by atoms with E-state index in [0.29, 0.717) is 43.4 Å². The summed E-state index contributed by atoms with van der Waals surface area (Å²) in [5, 5.41) is 2.03. The van der Waals surface area contributed by atoms with Crippen molar-refractivity contribution in [1.29, 1.82) is 0 Å². The first-order chi connectivity index (χ1) is 15.9. The third-order valence-corrected chi connectivity index (χ3v) is 7.70. The molecule has 0 N–H and O–H groups in total. The van der Waals surface area contributed by atoms with Crippen LogP contribution in [0.4, 0.5) is 0 Å². The van der Waals surface area contributed by atoms with Crippen LogP contribution in [0.15, 0.2) is 34.1 Å². The normalized spacial score (nSPS) is 16.1. The van der Waals surface area contributed by atoms with Gasteiger partial charge in [0.1, 0.15) is 17.2 Å². The standard InChI is InChI=1S/C24H27BrN2O5S/c1-4-32-24(29)16-6-5-7-26(13-16)23(28)20-11-21-22(19(25)14-33-21)27(20)12-15-8-17(30-2)10-18(9-15)31-3/h8-11,14,16H,4-7,12-13H2,1-3H3/t16-/m0/s1. The van der Waals surface area contributed by atoms with E-state index < -0.39 is 0 Å². The van der Waals surface area contributed by atoms with Crippen molar-refractivity contribution in [2.24, 2.45) is 5.92 Å². The van der Waals surface area contributed by atoms with Crippen molar-refractivity contribution in [2.75, 3.05) is 33.9 Å². The van der Waals surface area contributed by atoms with E-state index in [-0.39, 0.29) is 17.8 Å². The molecule has 0 saturated carbocycles. The number of nitrogens with zero attached hydrogens (tertiary/aromatic N) is 2. The Bertz CT molecular complexity index is 1150. The number of amides is 1. The van der Waals surface area contributed by atoms with Gasteiger partial charge in [-0.15, -0.1) is 11.3 Å². The number of hydrogen-bond acceptors (Lipinski definition) is 6. The first-order valence-corrected chi connectivity index (χ1v) is 12.6. The van der Waals surface area contributed by atoms with Crippen LogP contribution < -0.4 is 9.47 Å². The molecular weight excluding hydrogens is 508 g/mol. The number of fused-ring (bicyclic) bond motifs is 1. The number of hydrogen-bond donors (Lipinski definition) is 0. The number of benzene rings is 1. The number of aromatic nitrogens is 1. The lowest BCUT2D eigenvalue weighted by Crippen LogP contribution is -2.43. The Morgan fingerprint density at radius 3 is 2.55 bits per heavy atom. The summed E-state index contributed by atoms with van der Waals surface area (Å²) in [5.41, 5.74) is 2.53. The van der Waals surface area contributed by atoms with E-state index in [4.69, 9.17) is 14.2 Å². The molecule has 4 rings (SSSR count). The van der Waals surface area contributed by atoms with Crippen molar-refractivity contribution in [3.63, 3.8) is 0 Å². The van der Waals surface area contributed by atoms with Crippen molar-refractivity contribution >= 4 is 49.4 Å². The van der Waals surface area contributed by atoms with Crippen molar-refractivity contribution in [1.82, 2.24) is 9.47 Å².